The van der Waals surface area contributed by atoms with Gasteiger partial charge in [0.1, 0.15) is 18.9 Å². The van der Waals surface area contributed by atoms with E-state index in [4.69, 9.17) is 5.11 Å². The van der Waals surface area contributed by atoms with Gasteiger partial charge in [-0.05, 0) is 0 Å². The van der Waals surface area contributed by atoms with E-state index in [9.17, 15) is 43.9 Å². The lowest BCUT2D eigenvalue weighted by molar-refractivity contribution is -0.312. The first-order chi connectivity index (χ1) is 9.52. The van der Waals surface area contributed by atoms with Gasteiger partial charge in [-0.3, -0.25) is 0 Å². The highest BCUT2D eigenvalue weighted by Crippen LogP contribution is 2.33. The van der Waals surface area contributed by atoms with Gasteiger partial charge in [0.2, 0.25) is 0 Å². The summed E-state index contributed by atoms with van der Waals surface area (Å²) < 4.78 is 127. The summed E-state index contributed by atoms with van der Waals surface area (Å²) in [4.78, 5) is 0. The zero-order valence-corrected chi connectivity index (χ0v) is 10.4. The quantitative estimate of drug-likeness (QED) is 0.677. The smallest absolute Gasteiger partial charge is 0.388 e. The van der Waals surface area contributed by atoms with E-state index in [2.05, 4.69) is 9.47 Å². The molecule has 0 saturated heterocycles. The lowest BCUT2D eigenvalue weighted by atomic mass is 10.3. The topological polar surface area (TPSA) is 38.7 Å². The highest BCUT2D eigenvalue weighted by molar-refractivity contribution is 4.65. The molecule has 0 amide bonds. The van der Waals surface area contributed by atoms with Crippen molar-refractivity contribution in [2.24, 2.45) is 0 Å². The predicted octanol–water partition coefficient (Wildman–Crippen LogP) is 3.47. The minimum Gasteiger partial charge on any atom is -0.388 e. The molecule has 1 N–H and O–H groups in total. The number of aliphatic hydroxyl groups is 1. The van der Waals surface area contributed by atoms with Gasteiger partial charge in [0.25, 0.3) is 0 Å². The first-order valence-corrected chi connectivity index (χ1v) is 5.36. The van der Waals surface area contributed by atoms with Crippen molar-refractivity contribution < 1.29 is 58.5 Å². The third-order valence-electron chi connectivity index (χ3n) is 1.79. The van der Waals surface area contributed by atoms with Crippen molar-refractivity contribution in [3.63, 3.8) is 0 Å². The summed E-state index contributed by atoms with van der Waals surface area (Å²) in [6.45, 7) is -3.10. The molecular formula is C9H10F10O3. The molecule has 0 aromatic rings. The summed E-state index contributed by atoms with van der Waals surface area (Å²) >= 11 is 0. The molecule has 13 heteroatoms. The van der Waals surface area contributed by atoms with Crippen LogP contribution in [0.2, 0.25) is 0 Å². The van der Waals surface area contributed by atoms with Gasteiger partial charge in [-0.25, -0.2) is 0 Å². The van der Waals surface area contributed by atoms with E-state index in [0.717, 1.165) is 0 Å². The number of alkyl halides is 10. The second-order valence-corrected chi connectivity index (χ2v) is 4.13. The summed E-state index contributed by atoms with van der Waals surface area (Å²) in [5, 5.41) is 8.89. The molecule has 22 heavy (non-hydrogen) atoms. The number of hydrogen-bond donors (Lipinski definition) is 1. The Bertz CT molecular complexity index is 306. The standard InChI is InChI=1S/C9H10F10O3/c10-6(11,12)3-8(16,17)21-1-5(20)2-22-9(18,19)4-7(13,14)15/h5,20H,1-4H2. The van der Waals surface area contributed by atoms with Crippen LogP contribution in [0.15, 0.2) is 0 Å². The summed E-state index contributed by atoms with van der Waals surface area (Å²) in [6.07, 6.45) is -27.7. The van der Waals surface area contributed by atoms with E-state index < -0.39 is 56.7 Å². The van der Waals surface area contributed by atoms with E-state index in [1.54, 1.807) is 0 Å². The fourth-order valence-electron chi connectivity index (χ4n) is 1.05. The highest BCUT2D eigenvalue weighted by Gasteiger charge is 2.46. The van der Waals surface area contributed by atoms with E-state index in [-0.39, 0.29) is 0 Å². The molecular weight excluding hydrogens is 346 g/mol. The molecule has 0 unspecified atom stereocenters. The van der Waals surface area contributed by atoms with Crippen LogP contribution in [-0.4, -0.2) is 49.0 Å². The lowest BCUT2D eigenvalue weighted by Crippen LogP contribution is -2.36. The lowest BCUT2D eigenvalue weighted by Gasteiger charge is -2.22. The predicted molar refractivity (Wildman–Crippen MR) is 49.1 cm³/mol. The van der Waals surface area contributed by atoms with Crippen molar-refractivity contribution in [3.8, 4) is 0 Å². The van der Waals surface area contributed by atoms with Crippen LogP contribution in [0, 0.1) is 0 Å². The van der Waals surface area contributed by atoms with Crippen molar-refractivity contribution in [3.05, 3.63) is 0 Å². The molecule has 0 radical (unpaired) electrons. The molecule has 0 aromatic carbocycles. The van der Waals surface area contributed by atoms with Gasteiger partial charge in [-0.15, -0.1) is 0 Å². The molecule has 0 fully saturated rings. The van der Waals surface area contributed by atoms with Crippen LogP contribution >= 0.6 is 0 Å². The monoisotopic (exact) mass is 356 g/mol. The Hall–Kier alpha value is -0.820. The second-order valence-electron chi connectivity index (χ2n) is 4.13. The number of halogens is 10. The van der Waals surface area contributed by atoms with Crippen LogP contribution in [-0.2, 0) is 9.47 Å². The Morgan fingerprint density at radius 3 is 1.14 bits per heavy atom. The molecule has 0 aliphatic heterocycles. The number of ether oxygens (including phenoxy) is 2. The van der Waals surface area contributed by atoms with Crippen LogP contribution in [0.1, 0.15) is 12.8 Å². The van der Waals surface area contributed by atoms with Crippen molar-refractivity contribution in [1.82, 2.24) is 0 Å². The van der Waals surface area contributed by atoms with Crippen LogP contribution in [0.5, 0.6) is 0 Å². The first-order valence-electron chi connectivity index (χ1n) is 5.36. The van der Waals surface area contributed by atoms with Gasteiger partial charge in [0, 0.05) is 0 Å². The minimum atomic E-state index is -5.29. The Kier molecular flexibility index (Phi) is 6.90. The van der Waals surface area contributed by atoms with E-state index in [1.165, 1.54) is 0 Å². The molecule has 0 bridgehead atoms. The van der Waals surface area contributed by atoms with Gasteiger partial charge >= 0.3 is 24.6 Å². The molecule has 0 saturated carbocycles. The highest BCUT2D eigenvalue weighted by atomic mass is 19.4. The maximum absolute atomic E-state index is 12.6. The molecule has 134 valence electrons. The van der Waals surface area contributed by atoms with Crippen molar-refractivity contribution in [1.29, 1.82) is 0 Å². The SMILES string of the molecule is OC(COC(F)(F)CC(F)(F)F)COC(F)(F)CC(F)(F)F. The summed E-state index contributed by atoms with van der Waals surface area (Å²) in [5.74, 6) is 0. The van der Waals surface area contributed by atoms with Gasteiger partial charge in [0.05, 0.1) is 13.2 Å². The molecule has 0 aliphatic rings. The van der Waals surface area contributed by atoms with Crippen LogP contribution in [0.3, 0.4) is 0 Å². The van der Waals surface area contributed by atoms with Crippen molar-refractivity contribution in [2.45, 2.75) is 43.5 Å². The summed E-state index contributed by atoms with van der Waals surface area (Å²) in [7, 11) is 0. The largest absolute Gasteiger partial charge is 0.397 e. The van der Waals surface area contributed by atoms with Gasteiger partial charge in [0.15, 0.2) is 0 Å². The molecule has 0 spiro atoms. The molecule has 0 aliphatic carbocycles. The Morgan fingerprint density at radius 1 is 0.636 bits per heavy atom. The van der Waals surface area contributed by atoms with Gasteiger partial charge in [-0.2, -0.15) is 43.9 Å². The molecule has 0 atom stereocenters. The van der Waals surface area contributed by atoms with Gasteiger partial charge < -0.3 is 14.6 Å². The third-order valence-corrected chi connectivity index (χ3v) is 1.79. The fourth-order valence-corrected chi connectivity index (χ4v) is 1.05. The minimum absolute atomic E-state index is 1.55. The molecule has 3 nitrogen and oxygen atoms in total. The number of aliphatic hydroxyl groups excluding tert-OH is 1. The zero-order valence-electron chi connectivity index (χ0n) is 10.4. The summed E-state index contributed by atoms with van der Waals surface area (Å²) in [6, 6.07) is 0. The fraction of sp³-hybridized carbons (Fsp3) is 1.00. The maximum atomic E-state index is 12.6. The Morgan fingerprint density at radius 2 is 0.909 bits per heavy atom. The van der Waals surface area contributed by atoms with E-state index >= 15 is 0 Å². The average Bonchev–Trinajstić information content (AvgIpc) is 2.17. The molecule has 0 heterocycles. The third kappa shape index (κ3) is 11.8. The van der Waals surface area contributed by atoms with E-state index in [0.29, 0.717) is 0 Å². The Labute approximate surface area is 116 Å². The number of rotatable bonds is 8. The Balaban J connectivity index is 4.22. The second kappa shape index (κ2) is 7.17. The maximum Gasteiger partial charge on any atom is 0.397 e. The van der Waals surface area contributed by atoms with Crippen molar-refractivity contribution in [2.75, 3.05) is 13.2 Å². The first kappa shape index (κ1) is 21.2. The van der Waals surface area contributed by atoms with Crippen LogP contribution in [0.25, 0.3) is 0 Å². The number of hydrogen-bond acceptors (Lipinski definition) is 3. The normalized spacial score (nSPS) is 14.7. The average molecular weight is 356 g/mol. The molecule has 0 aromatic heterocycles. The van der Waals surface area contributed by atoms with Crippen LogP contribution in [0.4, 0.5) is 43.9 Å². The van der Waals surface area contributed by atoms with Gasteiger partial charge in [-0.1, -0.05) is 0 Å². The molecule has 0 rings (SSSR count). The zero-order chi connectivity index (χ0) is 17.8. The van der Waals surface area contributed by atoms with E-state index in [1.807, 2.05) is 0 Å². The summed E-state index contributed by atoms with van der Waals surface area (Å²) in [5.41, 5.74) is 0. The van der Waals surface area contributed by atoms with Crippen LogP contribution < -0.4 is 0 Å². The van der Waals surface area contributed by atoms with Crippen molar-refractivity contribution >= 4 is 0 Å².